The van der Waals surface area contributed by atoms with Crippen LogP contribution in [0.4, 0.5) is 4.39 Å². The molecule has 88 valence electrons. The Morgan fingerprint density at radius 2 is 2.00 bits per heavy atom. The summed E-state index contributed by atoms with van der Waals surface area (Å²) in [6.07, 6.45) is 6.31. The highest BCUT2D eigenvalue weighted by Gasteiger charge is 2.09. The van der Waals surface area contributed by atoms with Crippen LogP contribution in [0, 0.1) is 25.1 Å². The molecule has 2 aromatic rings. The number of pyridine rings is 1. The van der Waals surface area contributed by atoms with Gasteiger partial charge < -0.3 is 5.11 Å². The number of rotatable bonds is 0. The number of nitrogens with zero attached hydrogens (tertiary/aromatic N) is 1. The van der Waals surface area contributed by atoms with Gasteiger partial charge in [-0.15, -0.1) is 6.42 Å². The zero-order valence-corrected chi connectivity index (χ0v) is 10.1. The number of phenols is 1. The van der Waals surface area contributed by atoms with Gasteiger partial charge in [-0.05, 0) is 18.6 Å². The van der Waals surface area contributed by atoms with Gasteiger partial charge in [-0.1, -0.05) is 19.8 Å². The molecule has 0 saturated carbocycles. The minimum atomic E-state index is -0.515. The molecule has 0 amide bonds. The van der Waals surface area contributed by atoms with Gasteiger partial charge in [0.2, 0.25) is 0 Å². The van der Waals surface area contributed by atoms with Gasteiger partial charge in [-0.25, -0.2) is 4.39 Å². The highest BCUT2D eigenvalue weighted by atomic mass is 19.1. The van der Waals surface area contributed by atoms with Crippen LogP contribution in [0.15, 0.2) is 18.3 Å². The summed E-state index contributed by atoms with van der Waals surface area (Å²) in [7, 11) is 0. The van der Waals surface area contributed by atoms with E-state index in [4.69, 9.17) is 6.42 Å². The van der Waals surface area contributed by atoms with E-state index in [1.807, 2.05) is 13.8 Å². The van der Waals surface area contributed by atoms with Gasteiger partial charge in [0.15, 0.2) is 5.82 Å². The molecule has 1 aromatic carbocycles. The summed E-state index contributed by atoms with van der Waals surface area (Å²) in [4.78, 5) is 3.88. The van der Waals surface area contributed by atoms with Crippen molar-refractivity contribution in [3.05, 3.63) is 35.3 Å². The average molecular weight is 231 g/mol. The topological polar surface area (TPSA) is 33.1 Å². The molecule has 1 N–H and O–H groups in total. The third kappa shape index (κ3) is 2.36. The molecule has 0 radical (unpaired) electrons. The van der Waals surface area contributed by atoms with Crippen molar-refractivity contribution in [1.82, 2.24) is 4.98 Å². The first-order chi connectivity index (χ1) is 8.13. The van der Waals surface area contributed by atoms with Crippen LogP contribution in [0.5, 0.6) is 5.75 Å². The van der Waals surface area contributed by atoms with Crippen LogP contribution in [-0.4, -0.2) is 10.1 Å². The zero-order valence-electron chi connectivity index (χ0n) is 10.1. The SMILES string of the molecule is C#Cc1c(F)cnc2cc(O)cc(C)c12.CC. The van der Waals surface area contributed by atoms with Crippen molar-refractivity contribution >= 4 is 10.9 Å². The predicted molar refractivity (Wildman–Crippen MR) is 67.4 cm³/mol. The number of hydrogen-bond acceptors (Lipinski definition) is 2. The van der Waals surface area contributed by atoms with Gasteiger partial charge in [0.1, 0.15) is 5.75 Å². The van der Waals surface area contributed by atoms with Crippen LogP contribution < -0.4 is 0 Å². The Kier molecular flexibility index (Phi) is 4.06. The molecular weight excluding hydrogens is 217 g/mol. The summed E-state index contributed by atoms with van der Waals surface area (Å²) < 4.78 is 13.3. The smallest absolute Gasteiger partial charge is 0.157 e. The van der Waals surface area contributed by atoms with E-state index in [9.17, 15) is 9.50 Å². The Labute approximate surface area is 100 Å². The van der Waals surface area contributed by atoms with Gasteiger partial charge in [-0.3, -0.25) is 4.98 Å². The number of phenolic OH excluding ortho intramolecular Hbond substituents is 1. The number of aromatic nitrogens is 1. The monoisotopic (exact) mass is 231 g/mol. The van der Waals surface area contributed by atoms with Crippen LogP contribution in [0.25, 0.3) is 10.9 Å². The molecule has 17 heavy (non-hydrogen) atoms. The Bertz CT molecular complexity index is 585. The van der Waals surface area contributed by atoms with Gasteiger partial charge in [0.05, 0.1) is 17.3 Å². The molecule has 0 aliphatic heterocycles. The molecule has 0 atom stereocenters. The summed E-state index contributed by atoms with van der Waals surface area (Å²) in [6.45, 7) is 5.75. The van der Waals surface area contributed by atoms with Crippen LogP contribution in [0.3, 0.4) is 0 Å². The van der Waals surface area contributed by atoms with E-state index in [2.05, 4.69) is 10.9 Å². The number of benzene rings is 1. The predicted octanol–water partition coefficient (Wildman–Crippen LogP) is 3.40. The molecule has 2 nitrogen and oxygen atoms in total. The van der Waals surface area contributed by atoms with E-state index in [0.29, 0.717) is 16.5 Å². The number of fused-ring (bicyclic) bond motifs is 1. The van der Waals surface area contributed by atoms with E-state index in [1.165, 1.54) is 12.1 Å². The van der Waals surface area contributed by atoms with E-state index in [0.717, 1.165) is 6.20 Å². The van der Waals surface area contributed by atoms with E-state index in [-0.39, 0.29) is 11.3 Å². The lowest BCUT2D eigenvalue weighted by atomic mass is 10.0. The summed E-state index contributed by atoms with van der Waals surface area (Å²) in [5.74, 6) is 1.89. The molecule has 1 aromatic heterocycles. The lowest BCUT2D eigenvalue weighted by molar-refractivity contribution is 0.475. The minimum Gasteiger partial charge on any atom is -0.508 e. The number of terminal acetylenes is 1. The van der Waals surface area contributed by atoms with Gasteiger partial charge in [0.25, 0.3) is 0 Å². The Hall–Kier alpha value is -2.08. The van der Waals surface area contributed by atoms with Crippen molar-refractivity contribution in [2.24, 2.45) is 0 Å². The third-order valence-corrected chi connectivity index (χ3v) is 2.25. The normalized spacial score (nSPS) is 9.35. The number of aryl methyl sites for hydroxylation is 1. The average Bonchev–Trinajstić information content (AvgIpc) is 2.32. The Balaban J connectivity index is 0.000000686. The molecular formula is C14H14FNO. The Morgan fingerprint density at radius 3 is 2.59 bits per heavy atom. The maximum absolute atomic E-state index is 13.3. The second-order valence-electron chi connectivity index (χ2n) is 3.28. The van der Waals surface area contributed by atoms with Crippen molar-refractivity contribution in [2.75, 3.05) is 0 Å². The van der Waals surface area contributed by atoms with Crippen LogP contribution in [-0.2, 0) is 0 Å². The van der Waals surface area contributed by atoms with Crippen LogP contribution >= 0.6 is 0 Å². The van der Waals surface area contributed by atoms with Gasteiger partial charge >= 0.3 is 0 Å². The van der Waals surface area contributed by atoms with Crippen molar-refractivity contribution in [3.8, 4) is 18.1 Å². The molecule has 0 bridgehead atoms. The van der Waals surface area contributed by atoms with Gasteiger partial charge in [-0.2, -0.15) is 0 Å². The molecule has 0 aliphatic carbocycles. The quantitative estimate of drug-likeness (QED) is 0.705. The fourth-order valence-electron chi connectivity index (χ4n) is 1.63. The maximum atomic E-state index is 13.3. The van der Waals surface area contributed by atoms with E-state index >= 15 is 0 Å². The van der Waals surface area contributed by atoms with Crippen molar-refractivity contribution in [3.63, 3.8) is 0 Å². The van der Waals surface area contributed by atoms with Crippen molar-refractivity contribution in [1.29, 1.82) is 0 Å². The molecule has 0 spiro atoms. The zero-order chi connectivity index (χ0) is 13.0. The minimum absolute atomic E-state index is 0.0991. The molecule has 0 unspecified atom stereocenters. The largest absolute Gasteiger partial charge is 0.508 e. The molecule has 1 heterocycles. The molecule has 3 heteroatoms. The number of aromatic hydroxyl groups is 1. The lowest BCUT2D eigenvalue weighted by Gasteiger charge is -2.05. The number of halogens is 1. The fraction of sp³-hybridized carbons (Fsp3) is 0.214. The highest BCUT2D eigenvalue weighted by molar-refractivity contribution is 5.89. The van der Waals surface area contributed by atoms with Crippen molar-refractivity contribution in [2.45, 2.75) is 20.8 Å². The molecule has 0 aliphatic rings. The second kappa shape index (κ2) is 5.31. The molecule has 0 saturated heterocycles. The fourth-order valence-corrected chi connectivity index (χ4v) is 1.63. The first-order valence-corrected chi connectivity index (χ1v) is 5.38. The lowest BCUT2D eigenvalue weighted by Crippen LogP contribution is -1.92. The Morgan fingerprint density at radius 1 is 1.35 bits per heavy atom. The molecule has 0 fully saturated rings. The first-order valence-electron chi connectivity index (χ1n) is 5.38. The third-order valence-electron chi connectivity index (χ3n) is 2.25. The van der Waals surface area contributed by atoms with Crippen LogP contribution in [0.2, 0.25) is 0 Å². The standard InChI is InChI=1S/C12H8FNO.C2H6/c1-3-9-10(13)6-14-11-5-8(15)4-7(2)12(9)11;1-2/h1,4-6,15H,2H3;1-2H3. The van der Waals surface area contributed by atoms with E-state index < -0.39 is 5.82 Å². The number of hydrogen-bond donors (Lipinski definition) is 1. The summed E-state index contributed by atoms with van der Waals surface area (Å²) in [6, 6.07) is 2.99. The second-order valence-corrected chi connectivity index (χ2v) is 3.28. The summed E-state index contributed by atoms with van der Waals surface area (Å²) >= 11 is 0. The summed E-state index contributed by atoms with van der Waals surface area (Å²) in [5.41, 5.74) is 1.41. The first kappa shape index (κ1) is 13.0. The van der Waals surface area contributed by atoms with Crippen molar-refractivity contribution < 1.29 is 9.50 Å². The van der Waals surface area contributed by atoms with E-state index in [1.54, 1.807) is 6.92 Å². The van der Waals surface area contributed by atoms with Gasteiger partial charge in [0, 0.05) is 11.5 Å². The summed E-state index contributed by atoms with van der Waals surface area (Å²) in [5, 5.41) is 9.94. The van der Waals surface area contributed by atoms with Crippen LogP contribution in [0.1, 0.15) is 25.0 Å². The molecule has 2 rings (SSSR count). The maximum Gasteiger partial charge on any atom is 0.157 e. The highest BCUT2D eigenvalue weighted by Crippen LogP contribution is 2.26.